The van der Waals surface area contributed by atoms with Crippen molar-refractivity contribution in [3.05, 3.63) is 63.6 Å². The lowest BCUT2D eigenvalue weighted by Crippen LogP contribution is -2.53. The summed E-state index contributed by atoms with van der Waals surface area (Å²) in [6.07, 6.45) is 2.11. The molecule has 192 valence electrons. The van der Waals surface area contributed by atoms with Crippen molar-refractivity contribution in [2.24, 2.45) is 0 Å². The summed E-state index contributed by atoms with van der Waals surface area (Å²) in [5.41, 5.74) is 2.00. The summed E-state index contributed by atoms with van der Waals surface area (Å²) < 4.78 is 26.3. The van der Waals surface area contributed by atoms with Crippen LogP contribution < -0.4 is 9.62 Å². The molecule has 2 atom stereocenters. The van der Waals surface area contributed by atoms with Gasteiger partial charge in [-0.25, -0.2) is 8.42 Å². The van der Waals surface area contributed by atoms with Crippen molar-refractivity contribution in [3.8, 4) is 0 Å². The molecule has 35 heavy (non-hydrogen) atoms. The molecule has 0 heterocycles. The molecule has 10 heteroatoms. The predicted octanol–water partition coefficient (Wildman–Crippen LogP) is 4.79. The molecule has 2 aromatic rings. The third-order valence-electron chi connectivity index (χ3n) is 5.80. The van der Waals surface area contributed by atoms with Gasteiger partial charge in [-0.15, -0.1) is 0 Å². The minimum Gasteiger partial charge on any atom is -0.352 e. The number of halogens is 2. The number of rotatable bonds is 11. The SMILES string of the molecule is CC[C@@H](C)NC(=O)[C@H](CC)N(Cc1ccccc1C)C(=O)CN(c1cc(Cl)cc(Cl)c1)S(C)(=O)=O. The molecule has 0 saturated heterocycles. The van der Waals surface area contributed by atoms with Crippen molar-refractivity contribution in [2.75, 3.05) is 17.1 Å². The molecular weight excluding hydrogens is 509 g/mol. The van der Waals surface area contributed by atoms with Crippen molar-refractivity contribution < 1.29 is 18.0 Å². The van der Waals surface area contributed by atoms with Crippen LogP contribution in [0.1, 0.15) is 44.7 Å². The Labute approximate surface area is 218 Å². The van der Waals surface area contributed by atoms with Crippen LogP contribution >= 0.6 is 23.2 Å². The number of anilines is 1. The van der Waals surface area contributed by atoms with E-state index in [0.717, 1.165) is 28.1 Å². The van der Waals surface area contributed by atoms with E-state index in [2.05, 4.69) is 5.32 Å². The molecule has 0 bridgehead atoms. The Morgan fingerprint density at radius 1 is 1.03 bits per heavy atom. The normalized spacial score (nSPS) is 13.1. The second kappa shape index (κ2) is 12.6. The number of aryl methyl sites for hydroxylation is 1. The second-order valence-corrected chi connectivity index (χ2v) is 11.4. The first-order valence-electron chi connectivity index (χ1n) is 11.5. The molecule has 0 aliphatic carbocycles. The van der Waals surface area contributed by atoms with Crippen LogP contribution in [0.15, 0.2) is 42.5 Å². The smallest absolute Gasteiger partial charge is 0.244 e. The molecule has 0 fully saturated rings. The van der Waals surface area contributed by atoms with Crippen LogP contribution in [0, 0.1) is 6.92 Å². The molecule has 1 N–H and O–H groups in total. The molecule has 0 radical (unpaired) electrons. The van der Waals surface area contributed by atoms with E-state index in [9.17, 15) is 18.0 Å². The first-order valence-corrected chi connectivity index (χ1v) is 14.1. The van der Waals surface area contributed by atoms with Gasteiger partial charge in [0.05, 0.1) is 11.9 Å². The summed E-state index contributed by atoms with van der Waals surface area (Å²) in [5, 5.41) is 3.43. The lowest BCUT2D eigenvalue weighted by Gasteiger charge is -2.33. The number of benzene rings is 2. The van der Waals surface area contributed by atoms with Gasteiger partial charge in [-0.1, -0.05) is 61.3 Å². The zero-order chi connectivity index (χ0) is 26.3. The fourth-order valence-corrected chi connectivity index (χ4v) is 4.98. The summed E-state index contributed by atoms with van der Waals surface area (Å²) in [4.78, 5) is 28.3. The molecule has 7 nitrogen and oxygen atoms in total. The van der Waals surface area contributed by atoms with E-state index in [1.54, 1.807) is 0 Å². The summed E-state index contributed by atoms with van der Waals surface area (Å²) in [6.45, 7) is 7.26. The van der Waals surface area contributed by atoms with Crippen LogP contribution in [0.5, 0.6) is 0 Å². The van der Waals surface area contributed by atoms with E-state index in [0.29, 0.717) is 6.42 Å². The summed E-state index contributed by atoms with van der Waals surface area (Å²) in [6, 6.07) is 11.1. The van der Waals surface area contributed by atoms with Gasteiger partial charge in [0.1, 0.15) is 12.6 Å². The maximum absolute atomic E-state index is 13.7. The quantitative estimate of drug-likeness (QED) is 0.443. The summed E-state index contributed by atoms with van der Waals surface area (Å²) >= 11 is 12.2. The molecule has 2 rings (SSSR count). The number of hydrogen-bond acceptors (Lipinski definition) is 4. The molecule has 0 aromatic heterocycles. The summed E-state index contributed by atoms with van der Waals surface area (Å²) in [5.74, 6) is -0.790. The van der Waals surface area contributed by atoms with Crippen LogP contribution in [0.25, 0.3) is 0 Å². The molecule has 0 aliphatic rings. The highest BCUT2D eigenvalue weighted by Crippen LogP contribution is 2.27. The van der Waals surface area contributed by atoms with E-state index < -0.39 is 28.5 Å². The Bertz CT molecular complexity index is 1140. The van der Waals surface area contributed by atoms with Gasteiger partial charge in [-0.3, -0.25) is 13.9 Å². The van der Waals surface area contributed by atoms with Gasteiger partial charge >= 0.3 is 0 Å². The average molecular weight is 543 g/mol. The molecular formula is C25H33Cl2N3O4S. The fourth-order valence-electron chi connectivity index (χ4n) is 3.63. The highest BCUT2D eigenvalue weighted by molar-refractivity contribution is 7.92. The van der Waals surface area contributed by atoms with Crippen molar-refractivity contribution in [2.45, 2.75) is 59.2 Å². The van der Waals surface area contributed by atoms with Crippen LogP contribution in [0.4, 0.5) is 5.69 Å². The number of nitrogens with one attached hydrogen (secondary N) is 1. The van der Waals surface area contributed by atoms with Gasteiger partial charge in [-0.2, -0.15) is 0 Å². The number of carbonyl (C=O) groups is 2. The van der Waals surface area contributed by atoms with Gasteiger partial charge < -0.3 is 10.2 Å². The number of amides is 2. The Balaban J connectivity index is 2.49. The minimum absolute atomic E-state index is 0.0620. The maximum atomic E-state index is 13.7. The fraction of sp³-hybridized carbons (Fsp3) is 0.440. The van der Waals surface area contributed by atoms with Crippen molar-refractivity contribution >= 4 is 50.7 Å². The van der Waals surface area contributed by atoms with E-state index in [-0.39, 0.29) is 34.2 Å². The minimum atomic E-state index is -3.87. The average Bonchev–Trinajstić information content (AvgIpc) is 2.76. The Hall–Kier alpha value is -2.29. The zero-order valence-corrected chi connectivity index (χ0v) is 23.0. The second-order valence-electron chi connectivity index (χ2n) is 8.59. The zero-order valence-electron chi connectivity index (χ0n) is 20.7. The van der Waals surface area contributed by atoms with E-state index in [4.69, 9.17) is 23.2 Å². The third kappa shape index (κ3) is 8.12. The standard InChI is InChI=1S/C25H33Cl2N3O4S/c1-6-18(4)28-25(32)23(7-2)29(15-19-11-9-8-10-17(19)3)24(31)16-30(35(5,33)34)22-13-20(26)12-21(27)14-22/h8-14,18,23H,6-7,15-16H2,1-5H3,(H,28,32)/t18-,23+/m1/s1. The van der Waals surface area contributed by atoms with Crippen LogP contribution in [0.2, 0.25) is 10.0 Å². The van der Waals surface area contributed by atoms with E-state index in [1.807, 2.05) is 52.0 Å². The van der Waals surface area contributed by atoms with Crippen LogP contribution in [0.3, 0.4) is 0 Å². The molecule has 0 saturated carbocycles. The number of sulfonamides is 1. The Morgan fingerprint density at radius 2 is 1.63 bits per heavy atom. The van der Waals surface area contributed by atoms with Crippen LogP contribution in [-0.4, -0.2) is 50.0 Å². The largest absolute Gasteiger partial charge is 0.352 e. The Morgan fingerprint density at radius 3 is 2.14 bits per heavy atom. The van der Waals surface area contributed by atoms with Gasteiger partial charge in [-0.05, 0) is 56.0 Å². The third-order valence-corrected chi connectivity index (χ3v) is 7.38. The maximum Gasteiger partial charge on any atom is 0.244 e. The highest BCUT2D eigenvalue weighted by Gasteiger charge is 2.32. The number of carbonyl (C=O) groups excluding carboxylic acids is 2. The number of hydrogen-bond donors (Lipinski definition) is 1. The first-order chi connectivity index (χ1) is 16.4. The summed E-state index contributed by atoms with van der Waals surface area (Å²) in [7, 11) is -3.87. The molecule has 0 spiro atoms. The Kier molecular flexibility index (Phi) is 10.4. The molecule has 2 aromatic carbocycles. The first kappa shape index (κ1) is 28.9. The molecule has 2 amide bonds. The lowest BCUT2D eigenvalue weighted by molar-refractivity contribution is -0.140. The highest BCUT2D eigenvalue weighted by atomic mass is 35.5. The monoisotopic (exact) mass is 541 g/mol. The van der Waals surface area contributed by atoms with Gasteiger partial charge in [0.25, 0.3) is 0 Å². The predicted molar refractivity (Wildman–Crippen MR) is 142 cm³/mol. The van der Waals surface area contributed by atoms with Crippen molar-refractivity contribution in [1.82, 2.24) is 10.2 Å². The van der Waals surface area contributed by atoms with Crippen molar-refractivity contribution in [3.63, 3.8) is 0 Å². The van der Waals surface area contributed by atoms with Crippen LogP contribution in [-0.2, 0) is 26.2 Å². The van der Waals surface area contributed by atoms with E-state index >= 15 is 0 Å². The molecule has 0 unspecified atom stereocenters. The van der Waals surface area contributed by atoms with Gasteiger partial charge in [0.15, 0.2) is 0 Å². The molecule has 0 aliphatic heterocycles. The van der Waals surface area contributed by atoms with Crippen molar-refractivity contribution in [1.29, 1.82) is 0 Å². The van der Waals surface area contributed by atoms with Gasteiger partial charge in [0, 0.05) is 22.6 Å². The lowest BCUT2D eigenvalue weighted by atomic mass is 10.1. The van der Waals surface area contributed by atoms with E-state index in [1.165, 1.54) is 23.1 Å². The topological polar surface area (TPSA) is 86.8 Å². The number of nitrogens with zero attached hydrogens (tertiary/aromatic N) is 2. The van der Waals surface area contributed by atoms with Gasteiger partial charge in [0.2, 0.25) is 21.8 Å².